The third kappa shape index (κ3) is 6.52. The van der Waals surface area contributed by atoms with Gasteiger partial charge in [0.05, 0.1) is 6.26 Å². The van der Waals surface area contributed by atoms with Crippen LogP contribution in [0.1, 0.15) is 17.7 Å². The third-order valence-electron chi connectivity index (χ3n) is 4.22. The van der Waals surface area contributed by atoms with Gasteiger partial charge in [-0.25, -0.2) is 4.39 Å². The number of hydrogen-bond donors (Lipinski definition) is 3. The van der Waals surface area contributed by atoms with Gasteiger partial charge >= 0.3 is 0 Å². The van der Waals surface area contributed by atoms with Crippen molar-refractivity contribution in [2.45, 2.75) is 19.4 Å². The molecule has 0 fully saturated rings. The molecule has 0 spiro atoms. The van der Waals surface area contributed by atoms with Crippen LogP contribution in [0.4, 0.5) is 4.39 Å². The Kier molecular flexibility index (Phi) is 9.29. The summed E-state index contributed by atoms with van der Waals surface area (Å²) in [4.78, 5) is 7.33. The predicted molar refractivity (Wildman–Crippen MR) is 120 cm³/mol. The smallest absolute Gasteiger partial charge is 0.190 e. The van der Waals surface area contributed by atoms with E-state index < -0.39 is 0 Å². The van der Waals surface area contributed by atoms with Crippen molar-refractivity contribution in [3.05, 3.63) is 59.9 Å². The standard InChI is InChI=1S/C20H25FN4O2.HI/c1-22-20(23-8-3-10-26-14-17-4-2-11-27-17)24-9-7-15-13-25-19-12-16(21)5-6-18(15)19;/h2,4-6,11-13,25H,3,7-10,14H2,1H3,(H2,22,23,24);1H. The number of aromatic amines is 1. The quantitative estimate of drug-likeness (QED) is 0.181. The van der Waals surface area contributed by atoms with Gasteiger partial charge in [0.25, 0.3) is 0 Å². The molecule has 0 saturated carbocycles. The zero-order valence-electron chi connectivity index (χ0n) is 15.8. The molecule has 0 bridgehead atoms. The summed E-state index contributed by atoms with van der Waals surface area (Å²) in [6, 6.07) is 8.56. The molecule has 152 valence electrons. The van der Waals surface area contributed by atoms with Crippen LogP contribution in [0.15, 0.2) is 52.2 Å². The molecule has 0 unspecified atom stereocenters. The summed E-state index contributed by atoms with van der Waals surface area (Å²) in [5.41, 5.74) is 1.97. The highest BCUT2D eigenvalue weighted by atomic mass is 127. The van der Waals surface area contributed by atoms with Gasteiger partial charge in [0, 0.05) is 43.8 Å². The van der Waals surface area contributed by atoms with E-state index in [4.69, 9.17) is 9.15 Å². The molecule has 0 aliphatic carbocycles. The number of hydrogen-bond acceptors (Lipinski definition) is 3. The molecular formula is C20H26FIN4O2. The maximum Gasteiger partial charge on any atom is 0.190 e. The molecule has 0 aliphatic heterocycles. The molecule has 6 nitrogen and oxygen atoms in total. The molecule has 3 N–H and O–H groups in total. The van der Waals surface area contributed by atoms with Crippen LogP contribution in [0.5, 0.6) is 0 Å². The van der Waals surface area contributed by atoms with Crippen LogP contribution < -0.4 is 10.6 Å². The fraction of sp³-hybridized carbons (Fsp3) is 0.350. The van der Waals surface area contributed by atoms with Gasteiger partial charge in [0.15, 0.2) is 5.96 Å². The minimum atomic E-state index is -0.230. The summed E-state index contributed by atoms with van der Waals surface area (Å²) in [6.07, 6.45) is 5.26. The Bertz CT molecular complexity index is 864. The molecular weight excluding hydrogens is 474 g/mol. The Morgan fingerprint density at radius 3 is 2.89 bits per heavy atom. The summed E-state index contributed by atoms with van der Waals surface area (Å²) in [5, 5.41) is 7.61. The second-order valence-electron chi connectivity index (χ2n) is 6.17. The number of benzene rings is 1. The maximum atomic E-state index is 13.2. The number of guanidine groups is 1. The molecule has 0 amide bonds. The second-order valence-corrected chi connectivity index (χ2v) is 6.17. The van der Waals surface area contributed by atoms with E-state index in [1.807, 2.05) is 24.4 Å². The molecule has 0 saturated heterocycles. The zero-order valence-corrected chi connectivity index (χ0v) is 18.2. The number of ether oxygens (including phenoxy) is 1. The average Bonchev–Trinajstić information content (AvgIpc) is 3.32. The summed E-state index contributed by atoms with van der Waals surface area (Å²) in [5.74, 6) is 1.36. The molecule has 0 atom stereocenters. The number of rotatable bonds is 9. The van der Waals surface area contributed by atoms with E-state index in [9.17, 15) is 4.39 Å². The van der Waals surface area contributed by atoms with E-state index in [0.29, 0.717) is 13.2 Å². The highest BCUT2D eigenvalue weighted by molar-refractivity contribution is 14.0. The van der Waals surface area contributed by atoms with Crippen LogP contribution in [-0.4, -0.2) is 37.7 Å². The van der Waals surface area contributed by atoms with E-state index in [0.717, 1.165) is 54.1 Å². The first-order chi connectivity index (χ1) is 13.3. The topological polar surface area (TPSA) is 74.6 Å². The van der Waals surface area contributed by atoms with Gasteiger partial charge in [0.1, 0.15) is 18.2 Å². The average molecular weight is 500 g/mol. The SMILES string of the molecule is CN=C(NCCCOCc1ccco1)NCCc1c[nH]c2cc(F)ccc12.I. The number of nitrogens with one attached hydrogen (secondary N) is 3. The Morgan fingerprint density at radius 1 is 1.25 bits per heavy atom. The fourth-order valence-electron chi connectivity index (χ4n) is 2.85. The largest absolute Gasteiger partial charge is 0.467 e. The van der Waals surface area contributed by atoms with Crippen LogP contribution in [0.25, 0.3) is 10.9 Å². The summed E-state index contributed by atoms with van der Waals surface area (Å²) >= 11 is 0. The van der Waals surface area contributed by atoms with Gasteiger partial charge in [0.2, 0.25) is 0 Å². The first-order valence-corrected chi connectivity index (χ1v) is 9.06. The van der Waals surface area contributed by atoms with Gasteiger partial charge in [-0.2, -0.15) is 0 Å². The van der Waals surface area contributed by atoms with Crippen molar-refractivity contribution in [1.82, 2.24) is 15.6 Å². The lowest BCUT2D eigenvalue weighted by molar-refractivity contribution is 0.105. The van der Waals surface area contributed by atoms with Crippen molar-refractivity contribution in [2.24, 2.45) is 4.99 Å². The molecule has 2 aromatic heterocycles. The van der Waals surface area contributed by atoms with Crippen LogP contribution in [0.2, 0.25) is 0 Å². The second kappa shape index (κ2) is 11.7. The molecule has 0 aliphatic rings. The minimum absolute atomic E-state index is 0. The molecule has 28 heavy (non-hydrogen) atoms. The summed E-state index contributed by atoms with van der Waals surface area (Å²) in [6.45, 7) is 2.65. The lowest BCUT2D eigenvalue weighted by Crippen LogP contribution is -2.39. The van der Waals surface area contributed by atoms with Gasteiger partial charge in [-0.05, 0) is 48.7 Å². The van der Waals surface area contributed by atoms with Crippen LogP contribution in [0.3, 0.4) is 0 Å². The number of aromatic nitrogens is 1. The number of H-pyrrole nitrogens is 1. The molecule has 1 aromatic carbocycles. The van der Waals surface area contributed by atoms with Crippen molar-refractivity contribution in [3.8, 4) is 0 Å². The number of fused-ring (bicyclic) bond motifs is 1. The van der Waals surface area contributed by atoms with E-state index in [1.165, 1.54) is 12.1 Å². The van der Waals surface area contributed by atoms with Gasteiger partial charge in [-0.1, -0.05) is 0 Å². The van der Waals surface area contributed by atoms with E-state index in [-0.39, 0.29) is 29.8 Å². The van der Waals surface area contributed by atoms with Gasteiger partial charge in [-0.3, -0.25) is 4.99 Å². The van der Waals surface area contributed by atoms with Crippen LogP contribution in [-0.2, 0) is 17.8 Å². The first kappa shape index (κ1) is 22.2. The first-order valence-electron chi connectivity index (χ1n) is 9.06. The maximum absolute atomic E-state index is 13.2. The van der Waals surface area contributed by atoms with E-state index in [1.54, 1.807) is 13.3 Å². The predicted octanol–water partition coefficient (Wildman–Crippen LogP) is 3.83. The van der Waals surface area contributed by atoms with Crippen molar-refractivity contribution >= 4 is 40.8 Å². The Hall–Kier alpha value is -2.07. The molecule has 8 heteroatoms. The van der Waals surface area contributed by atoms with Crippen LogP contribution in [0, 0.1) is 5.82 Å². The van der Waals surface area contributed by atoms with Crippen molar-refractivity contribution in [1.29, 1.82) is 0 Å². The van der Waals surface area contributed by atoms with E-state index >= 15 is 0 Å². The Morgan fingerprint density at radius 2 is 2.11 bits per heavy atom. The van der Waals surface area contributed by atoms with Crippen molar-refractivity contribution < 1.29 is 13.5 Å². The highest BCUT2D eigenvalue weighted by Crippen LogP contribution is 2.19. The highest BCUT2D eigenvalue weighted by Gasteiger charge is 2.05. The molecule has 3 rings (SSSR count). The third-order valence-corrected chi connectivity index (χ3v) is 4.22. The lowest BCUT2D eigenvalue weighted by Gasteiger charge is -2.11. The Labute approximate surface area is 181 Å². The molecule has 0 radical (unpaired) electrons. The molecule has 3 aromatic rings. The van der Waals surface area contributed by atoms with Gasteiger partial charge < -0.3 is 24.8 Å². The van der Waals surface area contributed by atoms with Crippen LogP contribution >= 0.6 is 24.0 Å². The lowest BCUT2D eigenvalue weighted by atomic mass is 10.1. The number of furan rings is 1. The fourth-order valence-corrected chi connectivity index (χ4v) is 2.85. The minimum Gasteiger partial charge on any atom is -0.467 e. The zero-order chi connectivity index (χ0) is 18.9. The monoisotopic (exact) mass is 500 g/mol. The molecule has 2 heterocycles. The van der Waals surface area contributed by atoms with Crippen molar-refractivity contribution in [3.63, 3.8) is 0 Å². The Balaban J connectivity index is 0.00000280. The number of halogens is 2. The summed E-state index contributed by atoms with van der Waals surface area (Å²) < 4.78 is 24.0. The number of aliphatic imine (C=N–C) groups is 1. The van der Waals surface area contributed by atoms with Crippen molar-refractivity contribution in [2.75, 3.05) is 26.7 Å². The normalized spacial score (nSPS) is 11.4. The van der Waals surface area contributed by atoms with E-state index in [2.05, 4.69) is 20.6 Å². The number of nitrogens with zero attached hydrogens (tertiary/aromatic N) is 1. The van der Waals surface area contributed by atoms with Gasteiger partial charge in [-0.15, -0.1) is 24.0 Å². The summed E-state index contributed by atoms with van der Waals surface area (Å²) in [7, 11) is 1.75.